The van der Waals surface area contributed by atoms with Crippen molar-refractivity contribution in [2.45, 2.75) is 12.3 Å². The number of halogens is 1. The van der Waals surface area contributed by atoms with Crippen LogP contribution in [-0.2, 0) is 23.4 Å². The number of rotatable bonds is 5. The Labute approximate surface area is 152 Å². The number of nitrogens with zero attached hydrogens (tertiary/aromatic N) is 2. The topological polar surface area (TPSA) is 72.2 Å². The van der Waals surface area contributed by atoms with Gasteiger partial charge in [-0.2, -0.15) is 5.10 Å². The average Bonchev–Trinajstić information content (AvgIpc) is 2.61. The monoisotopic (exact) mass is 374 g/mol. The van der Waals surface area contributed by atoms with E-state index in [1.165, 1.54) is 4.68 Å². The van der Waals surface area contributed by atoms with Crippen LogP contribution in [0.2, 0.25) is 5.02 Å². The minimum atomic E-state index is -1.89. The molecule has 0 fully saturated rings. The van der Waals surface area contributed by atoms with Gasteiger partial charge in [-0.15, -0.1) is 0 Å². The van der Waals surface area contributed by atoms with Crippen LogP contribution in [0.4, 0.5) is 0 Å². The van der Waals surface area contributed by atoms with Crippen LogP contribution in [0.25, 0.3) is 11.1 Å². The SMILES string of the molecule is O=c1c(Cl)c(-c2ccc(CS(=O)O)cc2)cnn1Cc1ccccc1. The van der Waals surface area contributed by atoms with E-state index < -0.39 is 11.1 Å². The summed E-state index contributed by atoms with van der Waals surface area (Å²) in [7, 11) is 0. The Kier molecular flexibility index (Phi) is 5.43. The summed E-state index contributed by atoms with van der Waals surface area (Å²) in [5, 5.41) is 4.31. The summed E-state index contributed by atoms with van der Waals surface area (Å²) < 4.78 is 21.1. The third-order valence-corrected chi connectivity index (χ3v) is 4.66. The molecule has 5 nitrogen and oxygen atoms in total. The Morgan fingerprint density at radius 1 is 1.04 bits per heavy atom. The van der Waals surface area contributed by atoms with Crippen LogP contribution in [0, 0.1) is 0 Å². The molecule has 3 aromatic rings. The summed E-state index contributed by atoms with van der Waals surface area (Å²) in [6.45, 7) is 0.348. The lowest BCUT2D eigenvalue weighted by molar-refractivity contribution is 0.563. The minimum Gasteiger partial charge on any atom is -0.306 e. The molecule has 0 spiro atoms. The molecule has 128 valence electrons. The Balaban J connectivity index is 1.90. The molecule has 0 aliphatic heterocycles. The standard InChI is InChI=1S/C18H15ClN2O3S/c19-17-16(15-8-6-14(7-9-15)12-25(23)24)10-20-21(18(17)22)11-13-4-2-1-3-5-13/h1-10H,11-12H2,(H,23,24). The molecular formula is C18H15ClN2O3S. The second-order valence-electron chi connectivity index (χ2n) is 5.48. The molecule has 7 heteroatoms. The van der Waals surface area contributed by atoms with Gasteiger partial charge in [0.15, 0.2) is 11.1 Å². The van der Waals surface area contributed by atoms with Crippen LogP contribution in [0.5, 0.6) is 0 Å². The lowest BCUT2D eigenvalue weighted by Gasteiger charge is -2.09. The fourth-order valence-corrected chi connectivity index (χ4v) is 3.19. The van der Waals surface area contributed by atoms with Gasteiger partial charge in [0.05, 0.1) is 18.5 Å². The number of hydrogen-bond acceptors (Lipinski definition) is 3. The highest BCUT2D eigenvalue weighted by Gasteiger charge is 2.11. The highest BCUT2D eigenvalue weighted by Crippen LogP contribution is 2.24. The van der Waals surface area contributed by atoms with Crippen molar-refractivity contribution in [2.75, 3.05) is 0 Å². The highest BCUT2D eigenvalue weighted by atomic mass is 35.5. The summed E-state index contributed by atoms with van der Waals surface area (Å²) in [6.07, 6.45) is 1.56. The minimum absolute atomic E-state index is 0.0604. The van der Waals surface area contributed by atoms with Crippen molar-refractivity contribution >= 4 is 22.7 Å². The van der Waals surface area contributed by atoms with Crippen LogP contribution in [-0.4, -0.2) is 18.5 Å². The van der Waals surface area contributed by atoms with Crippen molar-refractivity contribution in [3.05, 3.63) is 87.3 Å². The highest BCUT2D eigenvalue weighted by molar-refractivity contribution is 7.78. The predicted octanol–water partition coefficient (Wildman–Crippen LogP) is 3.33. The molecule has 3 rings (SSSR count). The van der Waals surface area contributed by atoms with E-state index in [1.54, 1.807) is 30.5 Å². The van der Waals surface area contributed by atoms with Gasteiger partial charge >= 0.3 is 0 Å². The van der Waals surface area contributed by atoms with Crippen LogP contribution >= 0.6 is 11.6 Å². The van der Waals surface area contributed by atoms with Crippen molar-refractivity contribution in [1.29, 1.82) is 0 Å². The Bertz CT molecular complexity index is 956. The van der Waals surface area contributed by atoms with Gasteiger partial charge < -0.3 is 4.55 Å². The fraction of sp³-hybridized carbons (Fsp3) is 0.111. The molecule has 1 unspecified atom stereocenters. The normalized spacial score (nSPS) is 12.1. The maximum Gasteiger partial charge on any atom is 0.286 e. The van der Waals surface area contributed by atoms with E-state index >= 15 is 0 Å². The van der Waals surface area contributed by atoms with Gasteiger partial charge in [0.1, 0.15) is 5.02 Å². The predicted molar refractivity (Wildman–Crippen MR) is 99.0 cm³/mol. The van der Waals surface area contributed by atoms with E-state index in [1.807, 2.05) is 30.3 Å². The molecule has 0 bridgehead atoms. The second kappa shape index (κ2) is 7.74. The largest absolute Gasteiger partial charge is 0.306 e. The summed E-state index contributed by atoms with van der Waals surface area (Å²) in [5.74, 6) is 0.0604. The fourth-order valence-electron chi connectivity index (χ4n) is 2.46. The van der Waals surface area contributed by atoms with Crippen molar-refractivity contribution in [3.8, 4) is 11.1 Å². The number of aromatic nitrogens is 2. The van der Waals surface area contributed by atoms with Gasteiger partial charge in [-0.05, 0) is 16.7 Å². The molecule has 0 saturated carbocycles. The molecule has 0 saturated heterocycles. The van der Waals surface area contributed by atoms with Gasteiger partial charge in [0.2, 0.25) is 0 Å². The van der Waals surface area contributed by atoms with Crippen molar-refractivity contribution < 1.29 is 8.76 Å². The van der Waals surface area contributed by atoms with Crippen LogP contribution in [0.15, 0.2) is 65.6 Å². The quantitative estimate of drug-likeness (QED) is 0.695. The maximum atomic E-state index is 12.5. The molecule has 1 atom stereocenters. The van der Waals surface area contributed by atoms with Crippen LogP contribution < -0.4 is 5.56 Å². The molecule has 0 aliphatic carbocycles. The molecule has 0 amide bonds. The van der Waals surface area contributed by atoms with Crippen LogP contribution in [0.3, 0.4) is 0 Å². The molecule has 25 heavy (non-hydrogen) atoms. The van der Waals surface area contributed by atoms with E-state index in [2.05, 4.69) is 5.10 Å². The van der Waals surface area contributed by atoms with E-state index in [4.69, 9.17) is 16.2 Å². The zero-order valence-corrected chi connectivity index (χ0v) is 14.7. The van der Waals surface area contributed by atoms with Crippen molar-refractivity contribution in [3.63, 3.8) is 0 Å². The molecule has 0 aliphatic rings. The van der Waals surface area contributed by atoms with Gasteiger partial charge in [0.25, 0.3) is 5.56 Å². The summed E-state index contributed by atoms with van der Waals surface area (Å²) >= 11 is 4.37. The van der Waals surface area contributed by atoms with Crippen LogP contribution in [0.1, 0.15) is 11.1 Å². The molecular weight excluding hydrogens is 360 g/mol. The molecule has 1 N–H and O–H groups in total. The number of benzene rings is 2. The number of hydrogen-bond donors (Lipinski definition) is 1. The lowest BCUT2D eigenvalue weighted by atomic mass is 10.1. The van der Waals surface area contributed by atoms with E-state index in [-0.39, 0.29) is 16.3 Å². The van der Waals surface area contributed by atoms with Crippen molar-refractivity contribution in [1.82, 2.24) is 9.78 Å². The van der Waals surface area contributed by atoms with Crippen molar-refractivity contribution in [2.24, 2.45) is 0 Å². The zero-order valence-electron chi connectivity index (χ0n) is 13.1. The third kappa shape index (κ3) is 4.22. The zero-order chi connectivity index (χ0) is 17.8. The lowest BCUT2D eigenvalue weighted by Crippen LogP contribution is -2.24. The van der Waals surface area contributed by atoms with E-state index in [0.717, 1.165) is 16.7 Å². The average molecular weight is 375 g/mol. The smallest absolute Gasteiger partial charge is 0.286 e. The Morgan fingerprint density at radius 2 is 1.72 bits per heavy atom. The van der Waals surface area contributed by atoms with Gasteiger partial charge in [-0.1, -0.05) is 66.2 Å². The maximum absolute atomic E-state index is 12.5. The first-order chi connectivity index (χ1) is 12.0. The summed E-state index contributed by atoms with van der Waals surface area (Å²) in [6, 6.07) is 16.5. The summed E-state index contributed by atoms with van der Waals surface area (Å²) in [5.41, 5.74) is 2.60. The first-order valence-electron chi connectivity index (χ1n) is 7.51. The second-order valence-corrected chi connectivity index (χ2v) is 6.79. The molecule has 1 heterocycles. The Morgan fingerprint density at radius 3 is 2.36 bits per heavy atom. The van der Waals surface area contributed by atoms with Gasteiger partial charge in [0, 0.05) is 5.56 Å². The first-order valence-corrected chi connectivity index (χ1v) is 9.16. The van der Waals surface area contributed by atoms with E-state index in [9.17, 15) is 9.00 Å². The van der Waals surface area contributed by atoms with Gasteiger partial charge in [-0.25, -0.2) is 8.89 Å². The molecule has 0 radical (unpaired) electrons. The third-order valence-electron chi connectivity index (χ3n) is 3.72. The van der Waals surface area contributed by atoms with E-state index in [0.29, 0.717) is 12.1 Å². The Hall–Kier alpha value is -2.28. The molecule has 1 aromatic heterocycles. The molecule has 2 aromatic carbocycles. The first kappa shape index (κ1) is 17.5. The summed E-state index contributed by atoms with van der Waals surface area (Å²) in [4.78, 5) is 12.5. The van der Waals surface area contributed by atoms with Gasteiger partial charge in [-0.3, -0.25) is 4.79 Å².